The summed E-state index contributed by atoms with van der Waals surface area (Å²) in [4.78, 5) is 4.69. The van der Waals surface area contributed by atoms with Gasteiger partial charge < -0.3 is 26.0 Å². The molecule has 1 aliphatic rings. The third kappa shape index (κ3) is 3.94. The van der Waals surface area contributed by atoms with Crippen LogP contribution in [0.2, 0.25) is 0 Å². The number of nitrogens with two attached hydrogens (primary N) is 2. The Labute approximate surface area is 131 Å². The molecule has 0 aromatic heterocycles. The summed E-state index contributed by atoms with van der Waals surface area (Å²) in [6, 6.07) is 6.67. The summed E-state index contributed by atoms with van der Waals surface area (Å²) >= 11 is 0. The minimum Gasteiger partial charge on any atom is -0.494 e. The molecule has 1 heterocycles. The van der Waals surface area contributed by atoms with Gasteiger partial charge in [-0.1, -0.05) is 0 Å². The molecular formula is C15H26N6O. The molecule has 0 atom stereocenters. The molecule has 7 heteroatoms. The predicted octanol–water partition coefficient (Wildman–Crippen LogP) is 0.826. The quantitative estimate of drug-likeness (QED) is 0.424. The molecular weight excluding hydrogens is 280 g/mol. The average molecular weight is 306 g/mol. The van der Waals surface area contributed by atoms with Crippen molar-refractivity contribution in [1.29, 1.82) is 0 Å². The molecule has 1 aliphatic heterocycles. The minimum absolute atomic E-state index is 0.0168. The number of ether oxygens (including phenoxy) is 1. The van der Waals surface area contributed by atoms with E-state index < -0.39 is 0 Å². The first kappa shape index (κ1) is 16.2. The summed E-state index contributed by atoms with van der Waals surface area (Å²) in [5.74, 6) is 0.703. The second-order valence-corrected chi connectivity index (χ2v) is 5.71. The van der Waals surface area contributed by atoms with Crippen molar-refractivity contribution >= 4 is 17.3 Å². The van der Waals surface area contributed by atoms with E-state index in [4.69, 9.17) is 16.2 Å². The van der Waals surface area contributed by atoms with E-state index in [-0.39, 0.29) is 5.96 Å². The molecule has 1 fully saturated rings. The molecule has 0 aliphatic carbocycles. The number of piperidine rings is 1. The van der Waals surface area contributed by atoms with Crippen LogP contribution in [0.15, 0.2) is 23.3 Å². The highest BCUT2D eigenvalue weighted by Gasteiger charge is 2.21. The van der Waals surface area contributed by atoms with E-state index in [1.54, 1.807) is 7.11 Å². The van der Waals surface area contributed by atoms with Crippen molar-refractivity contribution in [3.05, 3.63) is 18.2 Å². The molecule has 22 heavy (non-hydrogen) atoms. The fourth-order valence-corrected chi connectivity index (χ4v) is 2.73. The van der Waals surface area contributed by atoms with E-state index in [0.29, 0.717) is 6.04 Å². The Kier molecular flexibility index (Phi) is 5.32. The number of hydrogen-bond donors (Lipinski definition) is 3. The fourth-order valence-electron chi connectivity index (χ4n) is 2.73. The van der Waals surface area contributed by atoms with Crippen LogP contribution in [-0.4, -0.2) is 51.2 Å². The number of guanidine groups is 1. The maximum Gasteiger partial charge on any atom is 0.208 e. The summed E-state index contributed by atoms with van der Waals surface area (Å²) in [5.41, 5.74) is 15.4. The number of nitrogens with zero attached hydrogens (tertiary/aromatic N) is 3. The third-order valence-corrected chi connectivity index (χ3v) is 4.05. The highest BCUT2D eigenvalue weighted by Crippen LogP contribution is 2.31. The summed E-state index contributed by atoms with van der Waals surface area (Å²) in [6.45, 7) is 2.10. The van der Waals surface area contributed by atoms with Crippen LogP contribution in [0.5, 0.6) is 5.75 Å². The summed E-state index contributed by atoms with van der Waals surface area (Å²) < 4.78 is 5.42. The Morgan fingerprint density at radius 2 is 2.00 bits per heavy atom. The van der Waals surface area contributed by atoms with Crippen LogP contribution in [0.4, 0.5) is 11.4 Å². The number of hydrogen-bond acceptors (Lipinski definition) is 5. The highest BCUT2D eigenvalue weighted by molar-refractivity contribution is 5.77. The SMILES string of the molecule is COc1cc(N2CCC(N(C)C)CC2)ccc1NN=C(N)N. The van der Waals surface area contributed by atoms with Crippen molar-refractivity contribution in [2.45, 2.75) is 18.9 Å². The number of benzene rings is 1. The number of anilines is 2. The first-order chi connectivity index (χ1) is 10.5. The van der Waals surface area contributed by atoms with Gasteiger partial charge in [0.05, 0.1) is 12.8 Å². The molecule has 2 rings (SSSR count). The lowest BCUT2D eigenvalue weighted by molar-refractivity contribution is 0.249. The van der Waals surface area contributed by atoms with Gasteiger partial charge in [0, 0.05) is 30.9 Å². The summed E-state index contributed by atoms with van der Waals surface area (Å²) in [5, 5.41) is 3.80. The molecule has 0 amide bonds. The second-order valence-electron chi connectivity index (χ2n) is 5.71. The maximum absolute atomic E-state index is 5.42. The maximum atomic E-state index is 5.42. The molecule has 1 saturated heterocycles. The van der Waals surface area contributed by atoms with Gasteiger partial charge in [-0.05, 0) is 39.1 Å². The first-order valence-corrected chi connectivity index (χ1v) is 7.45. The van der Waals surface area contributed by atoms with Gasteiger partial charge in [0.25, 0.3) is 0 Å². The van der Waals surface area contributed by atoms with Crippen LogP contribution in [0.1, 0.15) is 12.8 Å². The van der Waals surface area contributed by atoms with Crippen molar-refractivity contribution in [2.75, 3.05) is 44.6 Å². The van der Waals surface area contributed by atoms with Crippen LogP contribution >= 0.6 is 0 Å². The van der Waals surface area contributed by atoms with Gasteiger partial charge in [-0.3, -0.25) is 5.43 Å². The number of rotatable bonds is 5. The highest BCUT2D eigenvalue weighted by atomic mass is 16.5. The van der Waals surface area contributed by atoms with E-state index in [0.717, 1.165) is 30.2 Å². The molecule has 0 spiro atoms. The minimum atomic E-state index is -0.0168. The molecule has 7 nitrogen and oxygen atoms in total. The molecule has 0 unspecified atom stereocenters. The topological polar surface area (TPSA) is 92.1 Å². The lowest BCUT2D eigenvalue weighted by atomic mass is 10.0. The van der Waals surface area contributed by atoms with Gasteiger partial charge in [-0.2, -0.15) is 0 Å². The van der Waals surface area contributed by atoms with Crippen LogP contribution in [0.25, 0.3) is 0 Å². The molecule has 0 saturated carbocycles. The molecule has 122 valence electrons. The van der Waals surface area contributed by atoms with Crippen LogP contribution in [0.3, 0.4) is 0 Å². The van der Waals surface area contributed by atoms with E-state index in [2.05, 4.69) is 40.5 Å². The van der Waals surface area contributed by atoms with E-state index in [1.165, 1.54) is 12.8 Å². The fraction of sp³-hybridized carbons (Fsp3) is 0.533. The zero-order chi connectivity index (χ0) is 16.1. The summed E-state index contributed by atoms with van der Waals surface area (Å²) in [7, 11) is 5.93. The number of methoxy groups -OCH3 is 1. The molecule has 5 N–H and O–H groups in total. The monoisotopic (exact) mass is 306 g/mol. The number of nitrogens with one attached hydrogen (secondary N) is 1. The Bertz CT molecular complexity index is 519. The molecule has 1 aromatic carbocycles. The van der Waals surface area contributed by atoms with Crippen molar-refractivity contribution < 1.29 is 4.74 Å². The zero-order valence-electron chi connectivity index (χ0n) is 13.5. The van der Waals surface area contributed by atoms with Gasteiger partial charge in [-0.15, -0.1) is 5.10 Å². The van der Waals surface area contributed by atoms with E-state index in [9.17, 15) is 0 Å². The standard InChI is InChI=1S/C15H26N6O/c1-20(2)11-6-8-21(9-7-11)12-4-5-13(14(10-12)22-3)18-19-15(16)17/h4-5,10-11,18H,6-9H2,1-3H3,(H4,16,17,19). The van der Waals surface area contributed by atoms with Crippen molar-refractivity contribution in [2.24, 2.45) is 16.6 Å². The second kappa shape index (κ2) is 7.22. The number of hydrazone groups is 1. The first-order valence-electron chi connectivity index (χ1n) is 7.45. The van der Waals surface area contributed by atoms with E-state index >= 15 is 0 Å². The normalized spacial score (nSPS) is 15.7. The molecule has 0 radical (unpaired) electrons. The van der Waals surface area contributed by atoms with Gasteiger partial charge in [-0.25, -0.2) is 0 Å². The summed E-state index contributed by atoms with van der Waals surface area (Å²) in [6.07, 6.45) is 2.34. The average Bonchev–Trinajstić information content (AvgIpc) is 2.52. The smallest absolute Gasteiger partial charge is 0.208 e. The van der Waals surface area contributed by atoms with Gasteiger partial charge in [0.1, 0.15) is 5.75 Å². The van der Waals surface area contributed by atoms with Crippen LogP contribution < -0.4 is 26.5 Å². The van der Waals surface area contributed by atoms with Crippen molar-refractivity contribution in [3.63, 3.8) is 0 Å². The lowest BCUT2D eigenvalue weighted by Crippen LogP contribution is -2.41. The Balaban J connectivity index is 2.08. The third-order valence-electron chi connectivity index (χ3n) is 4.05. The zero-order valence-corrected chi connectivity index (χ0v) is 13.5. The Hall–Kier alpha value is -2.15. The lowest BCUT2D eigenvalue weighted by Gasteiger charge is -2.36. The van der Waals surface area contributed by atoms with Gasteiger partial charge in [0.2, 0.25) is 5.96 Å². The van der Waals surface area contributed by atoms with Crippen LogP contribution in [0, 0.1) is 0 Å². The Morgan fingerprint density at radius 1 is 1.32 bits per heavy atom. The van der Waals surface area contributed by atoms with Crippen LogP contribution in [-0.2, 0) is 0 Å². The van der Waals surface area contributed by atoms with Crippen molar-refractivity contribution in [3.8, 4) is 5.75 Å². The van der Waals surface area contributed by atoms with Gasteiger partial charge >= 0.3 is 0 Å². The predicted molar refractivity (Wildman–Crippen MR) is 91.3 cm³/mol. The van der Waals surface area contributed by atoms with E-state index in [1.807, 2.05) is 12.1 Å². The largest absolute Gasteiger partial charge is 0.494 e. The molecule has 0 bridgehead atoms. The molecule has 1 aromatic rings. The Morgan fingerprint density at radius 3 is 2.55 bits per heavy atom. The van der Waals surface area contributed by atoms with Crippen molar-refractivity contribution in [1.82, 2.24) is 4.90 Å². The van der Waals surface area contributed by atoms with Gasteiger partial charge in [0.15, 0.2) is 0 Å².